The Kier molecular flexibility index (Phi) is 5.58. The number of hydrogen-bond acceptors (Lipinski definition) is 5. The van der Waals surface area contributed by atoms with Crippen LogP contribution in [0.2, 0.25) is 5.02 Å². The number of guanidine groups is 1. The van der Waals surface area contributed by atoms with Gasteiger partial charge in [-0.05, 0) is 54.1 Å². The number of pyridine rings is 1. The maximum absolute atomic E-state index is 12.8. The molecule has 146 valence electrons. The maximum atomic E-state index is 12.8. The number of carbonyl (C=O) groups is 1. The normalized spacial score (nSPS) is 12.5. The summed E-state index contributed by atoms with van der Waals surface area (Å²) in [6.45, 7) is 0.516. The fourth-order valence-electron chi connectivity index (χ4n) is 2.69. The van der Waals surface area contributed by atoms with E-state index in [0.29, 0.717) is 40.3 Å². The Morgan fingerprint density at radius 2 is 1.90 bits per heavy atom. The smallest absolute Gasteiger partial charge is 0.258 e. The van der Waals surface area contributed by atoms with E-state index in [1.54, 1.807) is 42.7 Å². The van der Waals surface area contributed by atoms with E-state index < -0.39 is 0 Å². The summed E-state index contributed by atoms with van der Waals surface area (Å²) in [6, 6.07) is 15.9. The highest BCUT2D eigenvalue weighted by Gasteiger charge is 2.17. The van der Waals surface area contributed by atoms with Crippen molar-refractivity contribution in [3.63, 3.8) is 0 Å². The number of amides is 1. The number of halogens is 1. The molecule has 0 aliphatic carbocycles. The maximum Gasteiger partial charge on any atom is 0.258 e. The number of ether oxygens (including phenoxy) is 2. The molecule has 0 unspecified atom stereocenters. The number of nitrogens with zero attached hydrogens (tertiary/aromatic N) is 2. The molecular formula is C21H17ClN4O3. The number of anilines is 1. The van der Waals surface area contributed by atoms with Crippen LogP contribution in [-0.4, -0.2) is 23.6 Å². The zero-order valence-electron chi connectivity index (χ0n) is 15.3. The first-order valence-electron chi connectivity index (χ1n) is 8.84. The Hall–Kier alpha value is -3.58. The number of hydrogen-bond donors (Lipinski definition) is 2. The van der Waals surface area contributed by atoms with Crippen molar-refractivity contribution in [3.05, 3.63) is 83.1 Å². The number of carbonyl (C=O) groups excluding carboxylic acids is 1. The Balaban J connectivity index is 1.54. The third-order valence-corrected chi connectivity index (χ3v) is 4.36. The van der Waals surface area contributed by atoms with Gasteiger partial charge in [-0.15, -0.1) is 0 Å². The molecule has 7 nitrogen and oxygen atoms in total. The molecule has 0 saturated carbocycles. The lowest BCUT2D eigenvalue weighted by molar-refractivity contribution is 0.0976. The SMILES string of the molecule is O=C(NC(=NCc1ccncc1)Nc1cccc(Cl)c1)c1ccc2c(c1)OCO2. The summed E-state index contributed by atoms with van der Waals surface area (Å²) in [6.07, 6.45) is 3.39. The van der Waals surface area contributed by atoms with E-state index in [9.17, 15) is 4.79 Å². The molecule has 0 atom stereocenters. The monoisotopic (exact) mass is 408 g/mol. The van der Waals surface area contributed by atoms with Gasteiger partial charge in [-0.3, -0.25) is 15.1 Å². The van der Waals surface area contributed by atoms with Crippen LogP contribution >= 0.6 is 11.6 Å². The predicted molar refractivity (Wildman–Crippen MR) is 110 cm³/mol. The predicted octanol–water partition coefficient (Wildman–Crippen LogP) is 3.86. The van der Waals surface area contributed by atoms with E-state index in [2.05, 4.69) is 20.6 Å². The quantitative estimate of drug-likeness (QED) is 0.505. The van der Waals surface area contributed by atoms with Crippen molar-refractivity contribution in [3.8, 4) is 11.5 Å². The highest BCUT2D eigenvalue weighted by atomic mass is 35.5. The zero-order valence-corrected chi connectivity index (χ0v) is 16.0. The first kappa shape index (κ1) is 18.8. The molecule has 0 fully saturated rings. The van der Waals surface area contributed by atoms with Gasteiger partial charge in [-0.2, -0.15) is 0 Å². The lowest BCUT2D eigenvalue weighted by Gasteiger charge is -2.12. The molecule has 2 heterocycles. The first-order valence-corrected chi connectivity index (χ1v) is 9.22. The third kappa shape index (κ3) is 4.83. The van der Waals surface area contributed by atoms with Crippen molar-refractivity contribution in [2.75, 3.05) is 12.1 Å². The largest absolute Gasteiger partial charge is 0.454 e. The molecule has 0 spiro atoms. The molecule has 1 aliphatic heterocycles. The van der Waals surface area contributed by atoms with Crippen LogP contribution in [0.3, 0.4) is 0 Å². The molecule has 1 aliphatic rings. The van der Waals surface area contributed by atoms with Gasteiger partial charge in [0, 0.05) is 28.7 Å². The standard InChI is InChI=1S/C21H17ClN4O3/c22-16-2-1-3-17(11-16)25-21(24-12-14-6-8-23-9-7-14)26-20(27)15-4-5-18-19(10-15)29-13-28-18/h1-11H,12-13H2,(H2,24,25,26,27). The molecule has 29 heavy (non-hydrogen) atoms. The fraction of sp³-hybridized carbons (Fsp3) is 0.0952. The molecule has 8 heteroatoms. The summed E-state index contributed by atoms with van der Waals surface area (Å²) < 4.78 is 10.6. The summed E-state index contributed by atoms with van der Waals surface area (Å²) in [5.74, 6) is 1.12. The Bertz CT molecular complexity index is 1060. The van der Waals surface area contributed by atoms with Crippen molar-refractivity contribution < 1.29 is 14.3 Å². The van der Waals surface area contributed by atoms with Crippen molar-refractivity contribution in [1.82, 2.24) is 10.3 Å². The van der Waals surface area contributed by atoms with Crippen LogP contribution in [0.1, 0.15) is 15.9 Å². The number of nitrogens with one attached hydrogen (secondary N) is 2. The molecule has 3 aromatic rings. The van der Waals surface area contributed by atoms with Crippen LogP contribution in [0.5, 0.6) is 11.5 Å². The minimum atomic E-state index is -0.327. The second kappa shape index (κ2) is 8.62. The molecular weight excluding hydrogens is 392 g/mol. The van der Waals surface area contributed by atoms with Gasteiger partial charge in [0.05, 0.1) is 6.54 Å². The van der Waals surface area contributed by atoms with Crippen LogP contribution in [-0.2, 0) is 6.54 Å². The highest BCUT2D eigenvalue weighted by Crippen LogP contribution is 2.32. The molecule has 1 amide bonds. The van der Waals surface area contributed by atoms with Crippen LogP contribution in [0.25, 0.3) is 0 Å². The van der Waals surface area contributed by atoms with Gasteiger partial charge in [0.1, 0.15) is 0 Å². The van der Waals surface area contributed by atoms with Crippen LogP contribution in [0.4, 0.5) is 5.69 Å². The highest BCUT2D eigenvalue weighted by molar-refractivity contribution is 6.31. The summed E-state index contributed by atoms with van der Waals surface area (Å²) in [7, 11) is 0. The Morgan fingerprint density at radius 3 is 2.72 bits per heavy atom. The number of aromatic nitrogens is 1. The summed E-state index contributed by atoms with van der Waals surface area (Å²) in [5.41, 5.74) is 2.10. The molecule has 0 bridgehead atoms. The molecule has 0 radical (unpaired) electrons. The lowest BCUT2D eigenvalue weighted by atomic mass is 10.2. The number of fused-ring (bicyclic) bond motifs is 1. The van der Waals surface area contributed by atoms with Crippen LogP contribution in [0, 0.1) is 0 Å². The topological polar surface area (TPSA) is 84.8 Å². The Labute approximate surface area is 172 Å². The zero-order chi connectivity index (χ0) is 20.1. The van der Waals surface area contributed by atoms with Gasteiger partial charge in [-0.25, -0.2) is 4.99 Å². The lowest BCUT2D eigenvalue weighted by Crippen LogP contribution is -2.36. The minimum absolute atomic E-state index is 0.148. The van der Waals surface area contributed by atoms with Gasteiger partial charge in [-0.1, -0.05) is 17.7 Å². The van der Waals surface area contributed by atoms with Gasteiger partial charge in [0.25, 0.3) is 5.91 Å². The van der Waals surface area contributed by atoms with Gasteiger partial charge < -0.3 is 14.8 Å². The summed E-state index contributed by atoms with van der Waals surface area (Å²) in [5, 5.41) is 6.49. The van der Waals surface area contributed by atoms with Crippen LogP contribution < -0.4 is 20.1 Å². The van der Waals surface area contributed by atoms with Gasteiger partial charge in [0.15, 0.2) is 11.5 Å². The molecule has 2 aromatic carbocycles. The van der Waals surface area contributed by atoms with Crippen molar-refractivity contribution >= 4 is 29.2 Å². The second-order valence-corrected chi connectivity index (χ2v) is 6.61. The van der Waals surface area contributed by atoms with E-state index in [0.717, 1.165) is 5.56 Å². The summed E-state index contributed by atoms with van der Waals surface area (Å²) in [4.78, 5) is 21.3. The molecule has 2 N–H and O–H groups in total. The van der Waals surface area contributed by atoms with E-state index in [1.165, 1.54) is 0 Å². The minimum Gasteiger partial charge on any atom is -0.454 e. The fourth-order valence-corrected chi connectivity index (χ4v) is 2.88. The Morgan fingerprint density at radius 1 is 1.07 bits per heavy atom. The van der Waals surface area contributed by atoms with Crippen LogP contribution in [0.15, 0.2) is 72.0 Å². The third-order valence-electron chi connectivity index (χ3n) is 4.12. The van der Waals surface area contributed by atoms with E-state index in [4.69, 9.17) is 21.1 Å². The molecule has 1 aromatic heterocycles. The van der Waals surface area contributed by atoms with E-state index in [-0.39, 0.29) is 12.7 Å². The van der Waals surface area contributed by atoms with Gasteiger partial charge in [0.2, 0.25) is 12.8 Å². The van der Waals surface area contributed by atoms with Crippen molar-refractivity contribution in [1.29, 1.82) is 0 Å². The first-order chi connectivity index (χ1) is 14.2. The molecule has 0 saturated heterocycles. The van der Waals surface area contributed by atoms with E-state index >= 15 is 0 Å². The van der Waals surface area contributed by atoms with E-state index in [1.807, 2.05) is 24.3 Å². The number of benzene rings is 2. The average molecular weight is 409 g/mol. The summed E-state index contributed by atoms with van der Waals surface area (Å²) >= 11 is 6.06. The molecule has 4 rings (SSSR count). The van der Waals surface area contributed by atoms with Gasteiger partial charge >= 0.3 is 0 Å². The average Bonchev–Trinajstić information content (AvgIpc) is 3.20. The van der Waals surface area contributed by atoms with Crippen molar-refractivity contribution in [2.24, 2.45) is 4.99 Å². The van der Waals surface area contributed by atoms with Crippen molar-refractivity contribution in [2.45, 2.75) is 6.54 Å². The second-order valence-electron chi connectivity index (χ2n) is 6.18. The number of rotatable bonds is 4. The number of aliphatic imine (C=N–C) groups is 1.